The van der Waals surface area contributed by atoms with Crippen LogP contribution in [0.3, 0.4) is 0 Å². The number of rotatable bonds is 12. The summed E-state index contributed by atoms with van der Waals surface area (Å²) in [5.74, 6) is -1.80. The molecule has 9 heteroatoms. The molecule has 0 fully saturated rings. The van der Waals surface area contributed by atoms with Crippen molar-refractivity contribution in [3.8, 4) is 0 Å². The summed E-state index contributed by atoms with van der Waals surface area (Å²) < 4.78 is 11.2. The van der Waals surface area contributed by atoms with E-state index in [1.807, 2.05) is 90.1 Å². The highest BCUT2D eigenvalue weighted by Gasteiger charge is 2.41. The van der Waals surface area contributed by atoms with Gasteiger partial charge in [0.25, 0.3) is 0 Å². The maximum Gasteiger partial charge on any atom is 0.408 e. The molecule has 0 saturated heterocycles. The van der Waals surface area contributed by atoms with Crippen molar-refractivity contribution in [2.24, 2.45) is 5.92 Å². The van der Waals surface area contributed by atoms with Gasteiger partial charge in [-0.1, -0.05) is 68.8 Å². The first-order valence-corrected chi connectivity index (χ1v) is 16.2. The molecule has 0 aromatic heterocycles. The fourth-order valence-electron chi connectivity index (χ4n) is 5.00. The van der Waals surface area contributed by atoms with Crippen LogP contribution in [0.2, 0.25) is 0 Å². The number of amides is 3. The van der Waals surface area contributed by atoms with Gasteiger partial charge in [-0.25, -0.2) is 9.59 Å². The maximum absolute atomic E-state index is 14.5. The summed E-state index contributed by atoms with van der Waals surface area (Å²) >= 11 is 0. The van der Waals surface area contributed by atoms with E-state index in [-0.39, 0.29) is 12.3 Å². The van der Waals surface area contributed by atoms with Gasteiger partial charge in [-0.3, -0.25) is 9.59 Å². The summed E-state index contributed by atoms with van der Waals surface area (Å²) in [7, 11) is 0. The van der Waals surface area contributed by atoms with Crippen molar-refractivity contribution in [1.82, 2.24) is 15.5 Å². The Morgan fingerprint density at radius 2 is 1.39 bits per heavy atom. The van der Waals surface area contributed by atoms with Crippen LogP contribution in [0.4, 0.5) is 4.79 Å². The predicted molar refractivity (Wildman–Crippen MR) is 181 cm³/mol. The molecular formula is C37H55N3O6. The quantitative estimate of drug-likeness (QED) is 0.254. The maximum atomic E-state index is 14.5. The number of carbonyl (C=O) groups is 4. The SMILES string of the molecule is CCC(C)C(NC(=O)OC(C)(C)C)C(=O)N(C(C)C)C(C(=O)NC(Cc1ccccc1)C(=O)OC(C)(C)C)c1ccc(C)c(C)c1. The van der Waals surface area contributed by atoms with Gasteiger partial charge in [-0.15, -0.1) is 0 Å². The van der Waals surface area contributed by atoms with Crippen molar-refractivity contribution in [3.05, 3.63) is 70.8 Å². The minimum Gasteiger partial charge on any atom is -0.458 e. The number of nitrogens with zero attached hydrogens (tertiary/aromatic N) is 1. The highest BCUT2D eigenvalue weighted by Crippen LogP contribution is 2.29. The first-order valence-electron chi connectivity index (χ1n) is 16.2. The lowest BCUT2D eigenvalue weighted by molar-refractivity contribution is -0.159. The second kappa shape index (κ2) is 16.1. The number of alkyl carbamates (subject to hydrolysis) is 1. The third-order valence-corrected chi connectivity index (χ3v) is 7.63. The van der Waals surface area contributed by atoms with Crippen LogP contribution in [-0.4, -0.2) is 58.1 Å². The monoisotopic (exact) mass is 637 g/mol. The van der Waals surface area contributed by atoms with Gasteiger partial charge in [0, 0.05) is 12.5 Å². The van der Waals surface area contributed by atoms with E-state index in [1.165, 1.54) is 4.90 Å². The lowest BCUT2D eigenvalue weighted by Crippen LogP contribution is -2.58. The molecule has 2 rings (SSSR count). The van der Waals surface area contributed by atoms with Crippen LogP contribution in [0.1, 0.15) is 104 Å². The second-order valence-corrected chi connectivity index (χ2v) is 14.4. The van der Waals surface area contributed by atoms with Crippen molar-refractivity contribution >= 4 is 23.9 Å². The van der Waals surface area contributed by atoms with Crippen LogP contribution in [0.25, 0.3) is 0 Å². The number of aryl methyl sites for hydroxylation is 2. The first kappa shape index (κ1) is 38.3. The normalized spacial score (nSPS) is 14.5. The zero-order valence-electron chi connectivity index (χ0n) is 29.8. The van der Waals surface area contributed by atoms with E-state index in [0.717, 1.165) is 16.7 Å². The zero-order chi connectivity index (χ0) is 35.0. The fraction of sp³-hybridized carbons (Fsp3) is 0.568. The van der Waals surface area contributed by atoms with Gasteiger partial charge in [0.15, 0.2) is 0 Å². The molecular weight excluding hydrogens is 582 g/mol. The minimum atomic E-state index is -1.11. The molecule has 0 aliphatic rings. The second-order valence-electron chi connectivity index (χ2n) is 14.4. The standard InChI is InChI=1S/C37H55N3O6/c1-13-24(4)30(39-35(44)46-37(10,11)12)33(42)40(23(2)3)31(28-20-19-25(5)26(6)21-28)32(41)38-29(34(43)45-36(7,8)9)22-27-17-15-14-16-18-27/h14-21,23-24,29-31H,13,22H2,1-12H3,(H,38,41)(H,39,44). The molecule has 0 spiro atoms. The van der Waals surface area contributed by atoms with E-state index >= 15 is 0 Å². The molecule has 9 nitrogen and oxygen atoms in total. The fourth-order valence-corrected chi connectivity index (χ4v) is 5.00. The first-order chi connectivity index (χ1) is 21.2. The van der Waals surface area contributed by atoms with E-state index in [4.69, 9.17) is 9.47 Å². The van der Waals surface area contributed by atoms with Crippen molar-refractivity contribution in [2.45, 2.75) is 131 Å². The molecule has 0 heterocycles. The van der Waals surface area contributed by atoms with Crippen LogP contribution >= 0.6 is 0 Å². The van der Waals surface area contributed by atoms with Gasteiger partial charge in [-0.05, 0) is 97.4 Å². The molecule has 3 amide bonds. The summed E-state index contributed by atoms with van der Waals surface area (Å²) in [5.41, 5.74) is 1.88. The molecule has 0 radical (unpaired) electrons. The Balaban J connectivity index is 2.65. The molecule has 2 N–H and O–H groups in total. The van der Waals surface area contributed by atoms with E-state index in [9.17, 15) is 19.2 Å². The van der Waals surface area contributed by atoms with Crippen molar-refractivity contribution in [3.63, 3.8) is 0 Å². The summed E-state index contributed by atoms with van der Waals surface area (Å²) in [6.45, 7) is 22.0. The van der Waals surface area contributed by atoms with Gasteiger partial charge in [-0.2, -0.15) is 0 Å². The summed E-state index contributed by atoms with van der Waals surface area (Å²) in [5, 5.41) is 5.73. The van der Waals surface area contributed by atoms with Crippen molar-refractivity contribution < 1.29 is 28.7 Å². The summed E-state index contributed by atoms with van der Waals surface area (Å²) in [4.78, 5) is 57.0. The number of benzene rings is 2. The number of nitrogens with one attached hydrogen (secondary N) is 2. The third-order valence-electron chi connectivity index (χ3n) is 7.63. The van der Waals surface area contributed by atoms with E-state index < -0.39 is 59.2 Å². The van der Waals surface area contributed by atoms with Crippen LogP contribution < -0.4 is 10.6 Å². The Bertz CT molecular complexity index is 1340. The third kappa shape index (κ3) is 11.5. The topological polar surface area (TPSA) is 114 Å². The van der Waals surface area contributed by atoms with E-state index in [1.54, 1.807) is 41.5 Å². The summed E-state index contributed by atoms with van der Waals surface area (Å²) in [6.07, 6.45) is 0.0815. The summed E-state index contributed by atoms with van der Waals surface area (Å²) in [6, 6.07) is 11.5. The van der Waals surface area contributed by atoms with Gasteiger partial charge >= 0.3 is 12.1 Å². The Morgan fingerprint density at radius 3 is 1.89 bits per heavy atom. The Hall–Kier alpha value is -3.88. The number of ether oxygens (including phenoxy) is 2. The smallest absolute Gasteiger partial charge is 0.408 e. The lowest BCUT2D eigenvalue weighted by Gasteiger charge is -2.39. The van der Waals surface area contributed by atoms with Gasteiger partial charge in [0.2, 0.25) is 11.8 Å². The molecule has 0 aliphatic carbocycles. The molecule has 4 unspecified atom stereocenters. The van der Waals surface area contributed by atoms with Crippen LogP contribution in [0, 0.1) is 19.8 Å². The van der Waals surface area contributed by atoms with Gasteiger partial charge in [0.1, 0.15) is 29.3 Å². The molecule has 254 valence electrons. The minimum absolute atomic E-state index is 0.201. The molecule has 2 aromatic rings. The molecule has 4 atom stereocenters. The van der Waals surface area contributed by atoms with E-state index in [0.29, 0.717) is 12.0 Å². The highest BCUT2D eigenvalue weighted by molar-refractivity contribution is 5.94. The predicted octanol–water partition coefficient (Wildman–Crippen LogP) is 6.59. The lowest BCUT2D eigenvalue weighted by atomic mass is 9.93. The molecule has 46 heavy (non-hydrogen) atoms. The Kier molecular flexibility index (Phi) is 13.4. The average molecular weight is 638 g/mol. The highest BCUT2D eigenvalue weighted by atomic mass is 16.6. The van der Waals surface area contributed by atoms with Crippen molar-refractivity contribution in [2.75, 3.05) is 0 Å². The molecule has 2 aromatic carbocycles. The van der Waals surface area contributed by atoms with Crippen LogP contribution in [0.5, 0.6) is 0 Å². The van der Waals surface area contributed by atoms with Gasteiger partial charge in [0.05, 0.1) is 0 Å². The largest absolute Gasteiger partial charge is 0.458 e. The van der Waals surface area contributed by atoms with Crippen molar-refractivity contribution in [1.29, 1.82) is 0 Å². The molecule has 0 aliphatic heterocycles. The van der Waals surface area contributed by atoms with Gasteiger partial charge < -0.3 is 25.0 Å². The average Bonchev–Trinajstić information content (AvgIpc) is 2.93. The van der Waals surface area contributed by atoms with Crippen LogP contribution in [0.15, 0.2) is 48.5 Å². The zero-order valence-corrected chi connectivity index (χ0v) is 29.8. The number of hydrogen-bond donors (Lipinski definition) is 2. The Labute approximate surface area is 275 Å². The number of carbonyl (C=O) groups excluding carboxylic acids is 4. The molecule has 0 bridgehead atoms. The molecule has 0 saturated carbocycles. The van der Waals surface area contributed by atoms with Crippen LogP contribution in [-0.2, 0) is 30.3 Å². The number of hydrogen-bond acceptors (Lipinski definition) is 6. The number of esters is 1. The van der Waals surface area contributed by atoms with E-state index in [2.05, 4.69) is 10.6 Å². The Morgan fingerprint density at radius 1 is 0.804 bits per heavy atom.